The van der Waals surface area contributed by atoms with Gasteiger partial charge in [0, 0.05) is 6.21 Å². The summed E-state index contributed by atoms with van der Waals surface area (Å²) in [6, 6.07) is 5.91. The van der Waals surface area contributed by atoms with Crippen LogP contribution in [0.2, 0.25) is 0 Å². The van der Waals surface area contributed by atoms with Gasteiger partial charge in [-0.25, -0.2) is 0 Å². The highest BCUT2D eigenvalue weighted by Gasteiger charge is 2.22. The molecule has 104 valence electrons. The SMILES string of the molecule is Cc1cccc(C)c1N=CCc1onc(C)c1[N+](=O)[O-]. The molecule has 0 aliphatic rings. The lowest BCUT2D eigenvalue weighted by Crippen LogP contribution is -1.94. The second kappa shape index (κ2) is 5.64. The first-order valence-electron chi connectivity index (χ1n) is 6.19. The van der Waals surface area contributed by atoms with Crippen LogP contribution in [0.5, 0.6) is 0 Å². The van der Waals surface area contributed by atoms with Crippen molar-refractivity contribution in [2.75, 3.05) is 0 Å². The maximum absolute atomic E-state index is 10.9. The predicted octanol–water partition coefficient (Wildman–Crippen LogP) is 3.45. The molecular weight excluding hydrogens is 258 g/mol. The van der Waals surface area contributed by atoms with E-state index in [1.807, 2.05) is 32.0 Å². The highest BCUT2D eigenvalue weighted by molar-refractivity contribution is 5.69. The monoisotopic (exact) mass is 273 g/mol. The van der Waals surface area contributed by atoms with E-state index < -0.39 is 4.92 Å². The first-order chi connectivity index (χ1) is 9.50. The molecule has 0 spiro atoms. The van der Waals surface area contributed by atoms with E-state index in [-0.39, 0.29) is 23.6 Å². The number of nitrogens with zero attached hydrogens (tertiary/aromatic N) is 3. The van der Waals surface area contributed by atoms with Crippen LogP contribution >= 0.6 is 0 Å². The maximum atomic E-state index is 10.9. The van der Waals surface area contributed by atoms with Gasteiger partial charge in [-0.15, -0.1) is 0 Å². The number of rotatable bonds is 4. The molecule has 0 unspecified atom stereocenters. The number of hydrogen-bond acceptors (Lipinski definition) is 5. The van der Waals surface area contributed by atoms with E-state index in [4.69, 9.17) is 4.52 Å². The van der Waals surface area contributed by atoms with E-state index in [1.165, 1.54) is 0 Å². The maximum Gasteiger partial charge on any atom is 0.334 e. The van der Waals surface area contributed by atoms with Crippen molar-refractivity contribution in [2.24, 2.45) is 4.99 Å². The van der Waals surface area contributed by atoms with Crippen LogP contribution in [-0.4, -0.2) is 16.3 Å². The van der Waals surface area contributed by atoms with Crippen LogP contribution in [-0.2, 0) is 6.42 Å². The van der Waals surface area contributed by atoms with Crippen LogP contribution < -0.4 is 0 Å². The number of nitro groups is 1. The molecule has 1 aromatic heterocycles. The zero-order valence-electron chi connectivity index (χ0n) is 11.6. The molecule has 0 radical (unpaired) electrons. The third-order valence-electron chi connectivity index (χ3n) is 3.02. The number of aromatic nitrogens is 1. The number of para-hydroxylation sites is 1. The van der Waals surface area contributed by atoms with Crippen LogP contribution in [0.15, 0.2) is 27.7 Å². The third-order valence-corrected chi connectivity index (χ3v) is 3.02. The fraction of sp³-hybridized carbons (Fsp3) is 0.286. The van der Waals surface area contributed by atoms with Crippen molar-refractivity contribution in [3.8, 4) is 0 Å². The van der Waals surface area contributed by atoms with Crippen LogP contribution in [0.3, 0.4) is 0 Å². The van der Waals surface area contributed by atoms with Crippen molar-refractivity contribution in [2.45, 2.75) is 27.2 Å². The molecule has 0 bridgehead atoms. The molecule has 2 rings (SSSR count). The van der Waals surface area contributed by atoms with E-state index in [2.05, 4.69) is 10.1 Å². The van der Waals surface area contributed by atoms with Gasteiger partial charge in [-0.1, -0.05) is 23.4 Å². The van der Waals surface area contributed by atoms with Crippen molar-refractivity contribution in [1.29, 1.82) is 0 Å². The highest BCUT2D eigenvalue weighted by atomic mass is 16.6. The molecule has 0 saturated heterocycles. The Labute approximate surface area is 116 Å². The van der Waals surface area contributed by atoms with E-state index in [1.54, 1.807) is 13.1 Å². The second-order valence-electron chi connectivity index (χ2n) is 4.55. The standard InChI is InChI=1S/C14H15N3O3/c1-9-5-4-6-10(2)13(9)15-8-7-12-14(17(18)19)11(3)16-20-12/h4-6,8H,7H2,1-3H3. The summed E-state index contributed by atoms with van der Waals surface area (Å²) in [5.41, 5.74) is 3.21. The Balaban J connectivity index is 2.21. The summed E-state index contributed by atoms with van der Waals surface area (Å²) in [6.07, 6.45) is 1.85. The van der Waals surface area contributed by atoms with E-state index in [9.17, 15) is 10.1 Å². The van der Waals surface area contributed by atoms with Gasteiger partial charge in [-0.2, -0.15) is 0 Å². The summed E-state index contributed by atoms with van der Waals surface area (Å²) in [7, 11) is 0. The van der Waals surface area contributed by atoms with Crippen molar-refractivity contribution in [3.63, 3.8) is 0 Å². The molecule has 2 aromatic rings. The Hall–Kier alpha value is -2.50. The predicted molar refractivity (Wildman–Crippen MR) is 75.7 cm³/mol. The number of aryl methyl sites for hydroxylation is 3. The fourth-order valence-corrected chi connectivity index (χ4v) is 2.01. The number of hydrogen-bond donors (Lipinski definition) is 0. The van der Waals surface area contributed by atoms with Gasteiger partial charge in [0.05, 0.1) is 17.0 Å². The summed E-state index contributed by atoms with van der Waals surface area (Å²) < 4.78 is 4.97. The summed E-state index contributed by atoms with van der Waals surface area (Å²) in [6.45, 7) is 5.50. The first-order valence-corrected chi connectivity index (χ1v) is 6.19. The minimum atomic E-state index is -0.478. The third kappa shape index (κ3) is 2.74. The molecule has 1 aromatic carbocycles. The van der Waals surface area contributed by atoms with Crippen molar-refractivity contribution in [1.82, 2.24) is 5.16 Å². The van der Waals surface area contributed by atoms with Gasteiger partial charge in [0.15, 0.2) is 5.69 Å². The topological polar surface area (TPSA) is 81.5 Å². The second-order valence-corrected chi connectivity index (χ2v) is 4.55. The molecule has 20 heavy (non-hydrogen) atoms. The number of benzene rings is 1. The average Bonchev–Trinajstić information content (AvgIpc) is 2.74. The van der Waals surface area contributed by atoms with Crippen molar-refractivity contribution in [3.05, 3.63) is 50.9 Å². The van der Waals surface area contributed by atoms with E-state index >= 15 is 0 Å². The Bertz CT molecular complexity index is 654. The Morgan fingerprint density at radius 1 is 1.35 bits per heavy atom. The quantitative estimate of drug-likeness (QED) is 0.485. The Kier molecular flexibility index (Phi) is 3.93. The lowest BCUT2D eigenvalue weighted by molar-refractivity contribution is -0.386. The summed E-state index contributed by atoms with van der Waals surface area (Å²) in [4.78, 5) is 14.8. The lowest BCUT2D eigenvalue weighted by atomic mass is 10.1. The molecule has 0 amide bonds. The zero-order chi connectivity index (χ0) is 14.7. The molecule has 0 saturated carbocycles. The Morgan fingerprint density at radius 3 is 2.60 bits per heavy atom. The summed E-state index contributed by atoms with van der Waals surface area (Å²) >= 11 is 0. The average molecular weight is 273 g/mol. The molecule has 0 atom stereocenters. The van der Waals surface area contributed by atoms with Gasteiger partial charge < -0.3 is 4.52 Å². The minimum Gasteiger partial charge on any atom is -0.353 e. The molecular formula is C14H15N3O3. The van der Waals surface area contributed by atoms with Crippen LogP contribution in [0, 0.1) is 30.9 Å². The fourth-order valence-electron chi connectivity index (χ4n) is 2.01. The van der Waals surface area contributed by atoms with Gasteiger partial charge in [0.2, 0.25) is 5.76 Å². The summed E-state index contributed by atoms with van der Waals surface area (Å²) in [5, 5.41) is 14.5. The van der Waals surface area contributed by atoms with Gasteiger partial charge in [-0.05, 0) is 31.9 Å². The molecule has 0 aliphatic carbocycles. The van der Waals surface area contributed by atoms with Gasteiger partial charge in [-0.3, -0.25) is 15.1 Å². The van der Waals surface area contributed by atoms with Crippen LogP contribution in [0.4, 0.5) is 11.4 Å². The van der Waals surface area contributed by atoms with Gasteiger partial charge >= 0.3 is 5.69 Å². The smallest absolute Gasteiger partial charge is 0.334 e. The van der Waals surface area contributed by atoms with Crippen molar-refractivity contribution < 1.29 is 9.45 Å². The Morgan fingerprint density at radius 2 is 2.00 bits per heavy atom. The van der Waals surface area contributed by atoms with Gasteiger partial charge in [0.25, 0.3) is 0 Å². The normalized spacial score (nSPS) is 11.2. The van der Waals surface area contributed by atoms with Crippen LogP contribution in [0.1, 0.15) is 22.6 Å². The van der Waals surface area contributed by atoms with E-state index in [0.29, 0.717) is 0 Å². The minimum absolute atomic E-state index is 0.0713. The zero-order valence-corrected chi connectivity index (χ0v) is 11.6. The molecule has 0 fully saturated rings. The molecule has 6 nitrogen and oxygen atoms in total. The van der Waals surface area contributed by atoms with Crippen molar-refractivity contribution >= 4 is 17.6 Å². The van der Waals surface area contributed by atoms with Crippen LogP contribution in [0.25, 0.3) is 0 Å². The molecule has 1 heterocycles. The lowest BCUT2D eigenvalue weighted by Gasteiger charge is -2.02. The van der Waals surface area contributed by atoms with E-state index in [0.717, 1.165) is 16.8 Å². The highest BCUT2D eigenvalue weighted by Crippen LogP contribution is 2.24. The molecule has 0 aliphatic heterocycles. The number of aliphatic imine (C=N–C) groups is 1. The molecule has 0 N–H and O–H groups in total. The summed E-state index contributed by atoms with van der Waals surface area (Å²) in [5.74, 6) is 0.225. The molecule has 6 heteroatoms. The first kappa shape index (κ1) is 13.9. The van der Waals surface area contributed by atoms with Gasteiger partial charge in [0.1, 0.15) is 0 Å². The largest absolute Gasteiger partial charge is 0.353 e.